The van der Waals surface area contributed by atoms with Gasteiger partial charge in [0.25, 0.3) is 0 Å². The lowest BCUT2D eigenvalue weighted by Crippen LogP contribution is -2.19. The highest BCUT2D eigenvalue weighted by Gasteiger charge is 2.18. The fourth-order valence-electron chi connectivity index (χ4n) is 0.438. The Morgan fingerprint density at radius 1 is 0.917 bits per heavy atom. The van der Waals surface area contributed by atoms with Gasteiger partial charge in [0.2, 0.25) is 0 Å². The molecule has 68 valence electrons. The molecule has 0 aromatic rings. The van der Waals surface area contributed by atoms with E-state index >= 15 is 0 Å². The van der Waals surface area contributed by atoms with Crippen molar-refractivity contribution in [1.82, 2.24) is 0 Å². The Kier molecular flexibility index (Phi) is 9.41. The molecule has 9 heteroatoms. The number of rotatable bonds is 8. The van der Waals surface area contributed by atoms with Crippen LogP contribution in [-0.4, -0.2) is 19.3 Å². The van der Waals surface area contributed by atoms with Crippen molar-refractivity contribution < 1.29 is 27.3 Å². The maximum atomic E-state index is 10.0. The van der Waals surface area contributed by atoms with Gasteiger partial charge in [-0.1, -0.05) is 0 Å². The molecule has 3 atom stereocenters. The lowest BCUT2D eigenvalue weighted by atomic mass is 10.4. The first-order valence-corrected chi connectivity index (χ1v) is 5.30. The van der Waals surface area contributed by atoms with E-state index in [0.29, 0.717) is 0 Å². The van der Waals surface area contributed by atoms with Crippen molar-refractivity contribution in [2.24, 2.45) is 0 Å². The van der Waals surface area contributed by atoms with Crippen molar-refractivity contribution >= 4 is 26.1 Å². The van der Waals surface area contributed by atoms with Crippen LogP contribution in [0, 0.1) is 0 Å². The van der Waals surface area contributed by atoms with Gasteiger partial charge in [0.15, 0.2) is 6.10 Å². The molecular formula is C3H8O6P3+3. The summed E-state index contributed by atoms with van der Waals surface area (Å²) in [6.07, 6.45) is -0.594. The SMILES string of the molecule is O=[PH+]OCC(CO[PH+]=O)O[PH+]=O. The topological polar surface area (TPSA) is 78.9 Å². The van der Waals surface area contributed by atoms with Gasteiger partial charge in [-0.05, 0) is 13.7 Å². The highest BCUT2D eigenvalue weighted by Crippen LogP contribution is 2.09. The quantitative estimate of drug-likeness (QED) is 0.586. The molecule has 0 bridgehead atoms. The predicted octanol–water partition coefficient (Wildman–Crippen LogP) is 1.22. The Labute approximate surface area is 73.4 Å². The molecule has 0 spiro atoms. The highest BCUT2D eigenvalue weighted by atomic mass is 31.1. The smallest absolute Gasteiger partial charge is 0.145 e. The molecule has 0 aliphatic rings. The van der Waals surface area contributed by atoms with Gasteiger partial charge in [0.1, 0.15) is 13.2 Å². The van der Waals surface area contributed by atoms with Gasteiger partial charge >= 0.3 is 26.1 Å². The molecule has 0 amide bonds. The van der Waals surface area contributed by atoms with Gasteiger partial charge in [-0.15, -0.1) is 13.6 Å². The van der Waals surface area contributed by atoms with Crippen LogP contribution >= 0.6 is 26.1 Å². The summed E-state index contributed by atoms with van der Waals surface area (Å²) >= 11 is 0. The molecule has 0 aromatic carbocycles. The first-order chi connectivity index (χ1) is 5.85. The van der Waals surface area contributed by atoms with Gasteiger partial charge in [-0.25, -0.2) is 0 Å². The van der Waals surface area contributed by atoms with Crippen LogP contribution in [0.2, 0.25) is 0 Å². The average molecular weight is 233 g/mol. The van der Waals surface area contributed by atoms with E-state index in [1.54, 1.807) is 0 Å². The summed E-state index contributed by atoms with van der Waals surface area (Å²) < 4.78 is 43.3. The number of hydrogen-bond donors (Lipinski definition) is 0. The molecule has 0 N–H and O–H groups in total. The molecule has 0 heterocycles. The average Bonchev–Trinajstić information content (AvgIpc) is 2.10. The molecule has 0 aliphatic carbocycles. The molecule has 0 radical (unpaired) electrons. The fourth-order valence-corrected chi connectivity index (χ4v) is 1.22. The second-order valence-electron chi connectivity index (χ2n) is 1.61. The third kappa shape index (κ3) is 6.86. The summed E-state index contributed by atoms with van der Waals surface area (Å²) in [4.78, 5) is 0. The molecule has 0 fully saturated rings. The van der Waals surface area contributed by atoms with Gasteiger partial charge in [-0.2, -0.15) is 0 Å². The van der Waals surface area contributed by atoms with Crippen molar-refractivity contribution in [1.29, 1.82) is 0 Å². The molecule has 0 saturated carbocycles. The second kappa shape index (κ2) is 9.27. The van der Waals surface area contributed by atoms with E-state index < -0.39 is 32.2 Å². The Morgan fingerprint density at radius 2 is 1.42 bits per heavy atom. The molecule has 12 heavy (non-hydrogen) atoms. The van der Waals surface area contributed by atoms with E-state index in [1.165, 1.54) is 0 Å². The molecule has 0 aromatic heterocycles. The van der Waals surface area contributed by atoms with Gasteiger partial charge < -0.3 is 0 Å². The van der Waals surface area contributed by atoms with Crippen molar-refractivity contribution in [3.63, 3.8) is 0 Å². The molecule has 3 unspecified atom stereocenters. The zero-order valence-electron chi connectivity index (χ0n) is 5.94. The lowest BCUT2D eigenvalue weighted by Gasteiger charge is -1.98. The molecule has 0 rings (SSSR count). The van der Waals surface area contributed by atoms with Crippen molar-refractivity contribution in [3.8, 4) is 0 Å². The minimum atomic E-state index is -0.947. The van der Waals surface area contributed by atoms with Crippen LogP contribution in [0.25, 0.3) is 0 Å². The standard InChI is InChI=1S/C3H8O6P3/c4-10-7-1-3(9-12-6)2-8-11-5/h3,10-12H,1-2H2/q+3. The van der Waals surface area contributed by atoms with Gasteiger partial charge in [0, 0.05) is 0 Å². The summed E-state index contributed by atoms with van der Waals surface area (Å²) in [5.74, 6) is 0. The van der Waals surface area contributed by atoms with E-state index in [0.717, 1.165) is 0 Å². The summed E-state index contributed by atoms with van der Waals surface area (Å²) in [5.41, 5.74) is 0. The van der Waals surface area contributed by atoms with Crippen LogP contribution in [0.3, 0.4) is 0 Å². The van der Waals surface area contributed by atoms with Crippen molar-refractivity contribution in [3.05, 3.63) is 0 Å². The van der Waals surface area contributed by atoms with Crippen molar-refractivity contribution in [2.45, 2.75) is 6.10 Å². The minimum absolute atomic E-state index is 0.00165. The van der Waals surface area contributed by atoms with Crippen LogP contribution in [0.15, 0.2) is 0 Å². The summed E-state index contributed by atoms with van der Waals surface area (Å²) in [6, 6.07) is 0. The maximum Gasteiger partial charge on any atom is 0.494 e. The third-order valence-corrected chi connectivity index (χ3v) is 1.87. The van der Waals surface area contributed by atoms with Crippen LogP contribution in [0.4, 0.5) is 0 Å². The van der Waals surface area contributed by atoms with Crippen LogP contribution in [-0.2, 0) is 27.3 Å². The zero-order chi connectivity index (χ0) is 9.23. The van der Waals surface area contributed by atoms with Crippen molar-refractivity contribution in [2.75, 3.05) is 13.2 Å². The Bertz CT molecular complexity index is 139. The van der Waals surface area contributed by atoms with Gasteiger partial charge in [-0.3, -0.25) is 0 Å². The summed E-state index contributed by atoms with van der Waals surface area (Å²) in [5, 5.41) is 0. The molecule has 0 saturated heterocycles. The highest BCUT2D eigenvalue weighted by molar-refractivity contribution is 7.17. The lowest BCUT2D eigenvalue weighted by molar-refractivity contribution is 0.102. The Morgan fingerprint density at radius 3 is 1.75 bits per heavy atom. The van der Waals surface area contributed by atoms with Crippen LogP contribution in [0.1, 0.15) is 0 Å². The molecule has 0 aliphatic heterocycles. The maximum absolute atomic E-state index is 10.0. The van der Waals surface area contributed by atoms with E-state index in [4.69, 9.17) is 0 Å². The van der Waals surface area contributed by atoms with E-state index in [9.17, 15) is 13.7 Å². The first kappa shape index (κ1) is 12.2. The minimum Gasteiger partial charge on any atom is -0.145 e. The second-order valence-corrected chi connectivity index (χ2v) is 2.92. The van der Waals surface area contributed by atoms with Crippen LogP contribution in [0.5, 0.6) is 0 Å². The van der Waals surface area contributed by atoms with Crippen LogP contribution < -0.4 is 0 Å². The summed E-state index contributed by atoms with van der Waals surface area (Å²) in [7, 11) is -2.75. The van der Waals surface area contributed by atoms with E-state index in [2.05, 4.69) is 13.6 Å². The summed E-state index contributed by atoms with van der Waals surface area (Å²) in [6.45, 7) is 0.00330. The third-order valence-electron chi connectivity index (χ3n) is 0.871. The molecular weight excluding hydrogens is 225 g/mol. The van der Waals surface area contributed by atoms with E-state index in [1.807, 2.05) is 0 Å². The first-order valence-electron chi connectivity index (χ1n) is 2.85. The number of hydrogen-bond acceptors (Lipinski definition) is 6. The Hall–Kier alpha value is 0.180. The molecule has 6 nitrogen and oxygen atoms in total. The zero-order valence-corrected chi connectivity index (χ0v) is 8.94. The van der Waals surface area contributed by atoms with E-state index in [-0.39, 0.29) is 13.2 Å². The fraction of sp³-hybridized carbons (Fsp3) is 1.00. The largest absolute Gasteiger partial charge is 0.494 e. The Balaban J connectivity index is 3.59. The predicted molar refractivity (Wildman–Crippen MR) is 43.8 cm³/mol. The monoisotopic (exact) mass is 233 g/mol. The van der Waals surface area contributed by atoms with Gasteiger partial charge in [0.05, 0.1) is 0 Å². The normalized spacial score (nSPS) is 14.0.